The van der Waals surface area contributed by atoms with Crippen molar-refractivity contribution < 1.29 is 5.11 Å². The van der Waals surface area contributed by atoms with Crippen molar-refractivity contribution in [1.29, 1.82) is 0 Å². The van der Waals surface area contributed by atoms with Gasteiger partial charge in [-0.15, -0.1) is 0 Å². The maximum atomic E-state index is 8.89. The Morgan fingerprint density at radius 3 is 3.45 bits per heavy atom. The van der Waals surface area contributed by atoms with Crippen LogP contribution in [0.4, 0.5) is 0 Å². The van der Waals surface area contributed by atoms with Crippen LogP contribution in [0.1, 0.15) is 12.2 Å². The van der Waals surface area contributed by atoms with Crippen molar-refractivity contribution in [3.63, 3.8) is 0 Å². The third kappa shape index (κ3) is 1.14. The standard InChI is InChI=1S/C7H11N3O/c11-4-6-1-2-7-8-5-9-10(7)3-6/h5-6,11H,1-4H2. The number of aliphatic hydroxyl groups is 1. The van der Waals surface area contributed by atoms with E-state index in [0.717, 1.165) is 25.2 Å². The van der Waals surface area contributed by atoms with Gasteiger partial charge in [-0.05, 0) is 6.42 Å². The summed E-state index contributed by atoms with van der Waals surface area (Å²) >= 11 is 0. The number of fused-ring (bicyclic) bond motifs is 1. The molecular weight excluding hydrogens is 142 g/mol. The lowest BCUT2D eigenvalue weighted by Crippen LogP contribution is -2.23. The first-order valence-corrected chi connectivity index (χ1v) is 3.87. The molecule has 1 unspecified atom stereocenters. The van der Waals surface area contributed by atoms with Gasteiger partial charge in [0.2, 0.25) is 0 Å². The lowest BCUT2D eigenvalue weighted by molar-refractivity contribution is 0.185. The van der Waals surface area contributed by atoms with E-state index in [9.17, 15) is 0 Å². The van der Waals surface area contributed by atoms with Crippen LogP contribution >= 0.6 is 0 Å². The van der Waals surface area contributed by atoms with E-state index in [2.05, 4.69) is 10.1 Å². The molecule has 1 aliphatic heterocycles. The molecule has 11 heavy (non-hydrogen) atoms. The molecule has 0 spiro atoms. The third-order valence-corrected chi connectivity index (χ3v) is 2.16. The molecule has 1 aromatic rings. The highest BCUT2D eigenvalue weighted by atomic mass is 16.3. The van der Waals surface area contributed by atoms with Gasteiger partial charge in [0.1, 0.15) is 12.2 Å². The molecule has 60 valence electrons. The number of aromatic nitrogens is 3. The summed E-state index contributed by atoms with van der Waals surface area (Å²) in [6.07, 6.45) is 3.56. The van der Waals surface area contributed by atoms with Crippen LogP contribution in [-0.2, 0) is 13.0 Å². The van der Waals surface area contributed by atoms with E-state index in [1.165, 1.54) is 0 Å². The van der Waals surface area contributed by atoms with Gasteiger partial charge in [-0.1, -0.05) is 0 Å². The van der Waals surface area contributed by atoms with E-state index in [-0.39, 0.29) is 6.61 Å². The lowest BCUT2D eigenvalue weighted by Gasteiger charge is -2.19. The van der Waals surface area contributed by atoms with Crippen LogP contribution < -0.4 is 0 Å². The van der Waals surface area contributed by atoms with Crippen LogP contribution in [-0.4, -0.2) is 26.5 Å². The number of rotatable bonds is 1. The zero-order valence-corrected chi connectivity index (χ0v) is 6.27. The molecule has 0 saturated carbocycles. The first kappa shape index (κ1) is 6.79. The normalized spacial score (nSPS) is 23.2. The number of aryl methyl sites for hydroxylation is 1. The molecular formula is C7H11N3O. The van der Waals surface area contributed by atoms with Gasteiger partial charge >= 0.3 is 0 Å². The second kappa shape index (κ2) is 2.62. The monoisotopic (exact) mass is 153 g/mol. The van der Waals surface area contributed by atoms with Crippen molar-refractivity contribution in [2.24, 2.45) is 5.92 Å². The van der Waals surface area contributed by atoms with Gasteiger partial charge < -0.3 is 5.11 Å². The molecule has 1 atom stereocenters. The predicted octanol–water partition coefficient (Wildman–Crippen LogP) is -0.167. The second-order valence-corrected chi connectivity index (χ2v) is 2.95. The molecule has 0 saturated heterocycles. The minimum absolute atomic E-state index is 0.263. The summed E-state index contributed by atoms with van der Waals surface area (Å²) in [6, 6.07) is 0. The Kier molecular flexibility index (Phi) is 1.62. The summed E-state index contributed by atoms with van der Waals surface area (Å²) in [6.45, 7) is 1.09. The van der Waals surface area contributed by atoms with Gasteiger partial charge in [0.25, 0.3) is 0 Å². The van der Waals surface area contributed by atoms with E-state index >= 15 is 0 Å². The van der Waals surface area contributed by atoms with Crippen LogP contribution in [0.25, 0.3) is 0 Å². The zero-order valence-electron chi connectivity index (χ0n) is 6.27. The smallest absolute Gasteiger partial charge is 0.138 e. The van der Waals surface area contributed by atoms with Gasteiger partial charge in [0.15, 0.2) is 0 Å². The van der Waals surface area contributed by atoms with E-state index in [1.807, 2.05) is 4.68 Å². The molecule has 1 aliphatic rings. The molecule has 0 radical (unpaired) electrons. The summed E-state index contributed by atoms with van der Waals surface area (Å²) in [5.41, 5.74) is 0. The minimum atomic E-state index is 0.263. The molecule has 0 amide bonds. The highest BCUT2D eigenvalue weighted by Gasteiger charge is 2.18. The highest BCUT2D eigenvalue weighted by molar-refractivity contribution is 4.89. The van der Waals surface area contributed by atoms with Crippen LogP contribution in [0.15, 0.2) is 6.33 Å². The fourth-order valence-electron chi connectivity index (χ4n) is 1.45. The van der Waals surface area contributed by atoms with E-state index < -0.39 is 0 Å². The average molecular weight is 153 g/mol. The van der Waals surface area contributed by atoms with Crippen molar-refractivity contribution in [3.05, 3.63) is 12.2 Å². The fraction of sp³-hybridized carbons (Fsp3) is 0.714. The molecule has 4 nitrogen and oxygen atoms in total. The molecule has 0 aliphatic carbocycles. The van der Waals surface area contributed by atoms with Crippen LogP contribution in [0.5, 0.6) is 0 Å². The van der Waals surface area contributed by atoms with E-state index in [1.54, 1.807) is 6.33 Å². The summed E-state index contributed by atoms with van der Waals surface area (Å²) < 4.78 is 1.88. The Morgan fingerprint density at radius 1 is 1.73 bits per heavy atom. The summed E-state index contributed by atoms with van der Waals surface area (Å²) in [7, 11) is 0. The Bertz CT molecular complexity index is 246. The van der Waals surface area contributed by atoms with E-state index in [4.69, 9.17) is 5.11 Å². The van der Waals surface area contributed by atoms with E-state index in [0.29, 0.717) is 5.92 Å². The SMILES string of the molecule is OCC1CCc2ncnn2C1. The maximum Gasteiger partial charge on any atom is 0.138 e. The Hall–Kier alpha value is -0.900. The highest BCUT2D eigenvalue weighted by Crippen LogP contribution is 2.16. The molecule has 2 heterocycles. The van der Waals surface area contributed by atoms with Gasteiger partial charge in [0, 0.05) is 25.5 Å². The number of aliphatic hydroxyl groups excluding tert-OH is 1. The molecule has 0 bridgehead atoms. The van der Waals surface area contributed by atoms with Crippen molar-refractivity contribution in [2.75, 3.05) is 6.61 Å². The van der Waals surface area contributed by atoms with Crippen molar-refractivity contribution in [3.8, 4) is 0 Å². The van der Waals surface area contributed by atoms with Crippen LogP contribution in [0.2, 0.25) is 0 Å². The summed E-state index contributed by atoms with van der Waals surface area (Å²) in [5.74, 6) is 1.43. The fourth-order valence-corrected chi connectivity index (χ4v) is 1.45. The number of nitrogens with zero attached hydrogens (tertiary/aromatic N) is 3. The Balaban J connectivity index is 2.18. The quantitative estimate of drug-likeness (QED) is 0.609. The molecule has 0 fully saturated rings. The Morgan fingerprint density at radius 2 is 2.64 bits per heavy atom. The summed E-state index contributed by atoms with van der Waals surface area (Å²) in [5, 5.41) is 12.9. The van der Waals surface area contributed by atoms with Crippen LogP contribution in [0, 0.1) is 5.92 Å². The van der Waals surface area contributed by atoms with Crippen LogP contribution in [0.3, 0.4) is 0 Å². The van der Waals surface area contributed by atoms with Crippen molar-refractivity contribution in [2.45, 2.75) is 19.4 Å². The molecule has 4 heteroatoms. The predicted molar refractivity (Wildman–Crippen MR) is 38.9 cm³/mol. The number of hydrogen-bond acceptors (Lipinski definition) is 3. The largest absolute Gasteiger partial charge is 0.396 e. The molecule has 0 aromatic carbocycles. The van der Waals surface area contributed by atoms with Gasteiger partial charge in [-0.3, -0.25) is 0 Å². The minimum Gasteiger partial charge on any atom is -0.396 e. The summed E-state index contributed by atoms with van der Waals surface area (Å²) in [4.78, 5) is 4.10. The topological polar surface area (TPSA) is 50.9 Å². The third-order valence-electron chi connectivity index (χ3n) is 2.16. The van der Waals surface area contributed by atoms with Gasteiger partial charge in [-0.2, -0.15) is 5.10 Å². The average Bonchev–Trinajstić information content (AvgIpc) is 2.50. The lowest BCUT2D eigenvalue weighted by atomic mass is 10.0. The second-order valence-electron chi connectivity index (χ2n) is 2.95. The van der Waals surface area contributed by atoms with Gasteiger partial charge in [-0.25, -0.2) is 9.67 Å². The number of hydrogen-bond donors (Lipinski definition) is 1. The van der Waals surface area contributed by atoms with Crippen molar-refractivity contribution >= 4 is 0 Å². The maximum absolute atomic E-state index is 8.89. The van der Waals surface area contributed by atoms with Gasteiger partial charge in [0.05, 0.1) is 0 Å². The molecule has 2 rings (SSSR count). The molecule has 1 aromatic heterocycles. The Labute approximate surface area is 64.9 Å². The first-order chi connectivity index (χ1) is 5.40. The van der Waals surface area contributed by atoms with Crippen molar-refractivity contribution in [1.82, 2.24) is 14.8 Å². The first-order valence-electron chi connectivity index (χ1n) is 3.87. The zero-order chi connectivity index (χ0) is 7.68. The molecule has 1 N–H and O–H groups in total.